The molecule has 0 saturated carbocycles. The predicted octanol–water partition coefficient (Wildman–Crippen LogP) is 1.40. The smallest absolute Gasteiger partial charge is 0.408 e. The van der Waals surface area contributed by atoms with Crippen LogP contribution in [-0.2, 0) is 0 Å². The van der Waals surface area contributed by atoms with Crippen molar-refractivity contribution in [2.75, 3.05) is 5.73 Å². The van der Waals surface area contributed by atoms with E-state index in [4.69, 9.17) is 10.2 Å². The summed E-state index contributed by atoms with van der Waals surface area (Å²) in [6.45, 7) is 1.89. The van der Waals surface area contributed by atoms with Crippen molar-refractivity contribution >= 4 is 16.9 Å². The zero-order valence-corrected chi connectivity index (χ0v) is 9.07. The number of hydrogen-bond acceptors (Lipinski definition) is 4. The summed E-state index contributed by atoms with van der Waals surface area (Å²) in [5.41, 5.74) is 9.48. The highest BCUT2D eigenvalue weighted by Gasteiger charge is 2.10. The van der Waals surface area contributed by atoms with Gasteiger partial charge in [0.25, 0.3) is 0 Å². The van der Waals surface area contributed by atoms with Crippen molar-refractivity contribution in [1.82, 2.24) is 15.2 Å². The lowest BCUT2D eigenvalue weighted by atomic mass is 10.1. The number of hydrogen-bond donors (Lipinski definition) is 3. The van der Waals surface area contributed by atoms with E-state index in [0.29, 0.717) is 16.9 Å². The summed E-state index contributed by atoms with van der Waals surface area (Å²) in [5.74, 6) is 0.0128. The van der Waals surface area contributed by atoms with Crippen LogP contribution in [0.2, 0.25) is 0 Å². The quantitative estimate of drug-likeness (QED) is 0.588. The zero-order chi connectivity index (χ0) is 12.0. The van der Waals surface area contributed by atoms with E-state index in [1.807, 2.05) is 19.1 Å². The van der Waals surface area contributed by atoms with Gasteiger partial charge in [-0.05, 0) is 25.1 Å². The molecule has 1 aromatic carbocycles. The molecule has 2 aromatic heterocycles. The summed E-state index contributed by atoms with van der Waals surface area (Å²) in [7, 11) is 0. The van der Waals surface area contributed by atoms with Gasteiger partial charge >= 0.3 is 5.76 Å². The van der Waals surface area contributed by atoms with Crippen molar-refractivity contribution in [2.24, 2.45) is 0 Å². The highest BCUT2D eigenvalue weighted by molar-refractivity contribution is 5.80. The third kappa shape index (κ3) is 1.42. The van der Waals surface area contributed by atoms with Gasteiger partial charge in [0, 0.05) is 11.1 Å². The number of anilines is 1. The maximum atomic E-state index is 11.0. The van der Waals surface area contributed by atoms with E-state index in [2.05, 4.69) is 15.2 Å². The molecule has 6 nitrogen and oxygen atoms in total. The summed E-state index contributed by atoms with van der Waals surface area (Å²) < 4.78 is 4.93. The molecule has 0 radical (unpaired) electrons. The minimum absolute atomic E-state index is 0.460. The van der Waals surface area contributed by atoms with Crippen molar-refractivity contribution < 1.29 is 4.42 Å². The Morgan fingerprint density at radius 1 is 1.41 bits per heavy atom. The molecular weight excluding hydrogens is 220 g/mol. The lowest BCUT2D eigenvalue weighted by molar-refractivity contribution is 0.555. The minimum Gasteiger partial charge on any atom is -0.408 e. The van der Waals surface area contributed by atoms with Gasteiger partial charge in [-0.15, -0.1) is 0 Å². The summed E-state index contributed by atoms with van der Waals surface area (Å²) in [4.78, 5) is 13.7. The second-order valence-electron chi connectivity index (χ2n) is 3.83. The van der Waals surface area contributed by atoms with Crippen molar-refractivity contribution in [2.45, 2.75) is 6.92 Å². The van der Waals surface area contributed by atoms with Crippen LogP contribution in [0.3, 0.4) is 0 Å². The van der Waals surface area contributed by atoms with E-state index < -0.39 is 5.76 Å². The molecule has 0 spiro atoms. The van der Waals surface area contributed by atoms with E-state index in [1.165, 1.54) is 0 Å². The van der Waals surface area contributed by atoms with Crippen LogP contribution in [-0.4, -0.2) is 15.2 Å². The van der Waals surface area contributed by atoms with Gasteiger partial charge in [-0.25, -0.2) is 4.79 Å². The minimum atomic E-state index is -0.460. The van der Waals surface area contributed by atoms with Gasteiger partial charge in [-0.2, -0.15) is 5.10 Å². The molecule has 17 heavy (non-hydrogen) atoms. The predicted molar refractivity (Wildman–Crippen MR) is 63.6 cm³/mol. The lowest BCUT2D eigenvalue weighted by Crippen LogP contribution is -1.92. The van der Waals surface area contributed by atoms with Crippen LogP contribution in [0.25, 0.3) is 22.4 Å². The number of benzene rings is 1. The number of rotatable bonds is 1. The first-order valence-electron chi connectivity index (χ1n) is 5.09. The fourth-order valence-electron chi connectivity index (χ4n) is 1.80. The van der Waals surface area contributed by atoms with Gasteiger partial charge in [0.2, 0.25) is 0 Å². The van der Waals surface area contributed by atoms with E-state index in [0.717, 1.165) is 16.8 Å². The van der Waals surface area contributed by atoms with E-state index in [9.17, 15) is 4.79 Å². The first-order chi connectivity index (χ1) is 8.15. The molecule has 0 saturated heterocycles. The van der Waals surface area contributed by atoms with Crippen LogP contribution < -0.4 is 11.5 Å². The number of nitrogens with one attached hydrogen (secondary N) is 2. The number of oxazole rings is 1. The molecular formula is C11H10N4O2. The van der Waals surface area contributed by atoms with Gasteiger partial charge in [0.05, 0.1) is 11.2 Å². The van der Waals surface area contributed by atoms with Crippen molar-refractivity contribution in [1.29, 1.82) is 0 Å². The molecule has 3 rings (SSSR count). The SMILES string of the molecule is Cc1c(N)n[nH]c1-c1ccc2oc(=O)[nH]c2c1. The molecule has 0 aliphatic rings. The third-order valence-corrected chi connectivity index (χ3v) is 2.75. The number of aromatic amines is 2. The molecule has 0 amide bonds. The van der Waals surface area contributed by atoms with E-state index in [-0.39, 0.29) is 0 Å². The second kappa shape index (κ2) is 3.24. The fourth-order valence-corrected chi connectivity index (χ4v) is 1.80. The molecule has 0 aliphatic heterocycles. The Kier molecular flexibility index (Phi) is 1.85. The second-order valence-corrected chi connectivity index (χ2v) is 3.83. The maximum Gasteiger partial charge on any atom is 0.417 e. The van der Waals surface area contributed by atoms with Gasteiger partial charge in [0.15, 0.2) is 5.58 Å². The normalized spacial score (nSPS) is 11.1. The summed E-state index contributed by atoms with van der Waals surface area (Å²) in [5, 5.41) is 6.80. The number of nitrogens with zero attached hydrogens (tertiary/aromatic N) is 1. The Morgan fingerprint density at radius 2 is 2.24 bits per heavy atom. The number of nitrogen functional groups attached to an aromatic ring is 1. The maximum absolute atomic E-state index is 11.0. The summed E-state index contributed by atoms with van der Waals surface area (Å²) in [6, 6.07) is 5.40. The molecule has 0 aliphatic carbocycles. The van der Waals surface area contributed by atoms with Gasteiger partial charge in [-0.3, -0.25) is 10.1 Å². The van der Waals surface area contributed by atoms with Gasteiger partial charge < -0.3 is 10.2 Å². The molecule has 86 valence electrons. The van der Waals surface area contributed by atoms with Crippen molar-refractivity contribution in [3.8, 4) is 11.3 Å². The third-order valence-electron chi connectivity index (χ3n) is 2.75. The van der Waals surface area contributed by atoms with Crippen LogP contribution >= 0.6 is 0 Å². The van der Waals surface area contributed by atoms with E-state index in [1.54, 1.807) is 6.07 Å². The number of aromatic nitrogens is 3. The lowest BCUT2D eigenvalue weighted by Gasteiger charge is -1.99. The average molecular weight is 230 g/mol. The van der Waals surface area contributed by atoms with Crippen molar-refractivity contribution in [3.05, 3.63) is 34.3 Å². The first kappa shape index (κ1) is 9.71. The highest BCUT2D eigenvalue weighted by atomic mass is 16.4. The fraction of sp³-hybridized carbons (Fsp3) is 0.0909. The number of nitrogens with two attached hydrogens (primary N) is 1. The molecule has 4 N–H and O–H groups in total. The van der Waals surface area contributed by atoms with Crippen molar-refractivity contribution in [3.63, 3.8) is 0 Å². The van der Waals surface area contributed by atoms with Crippen LogP contribution in [0.5, 0.6) is 0 Å². The van der Waals surface area contributed by atoms with E-state index >= 15 is 0 Å². The number of H-pyrrole nitrogens is 2. The van der Waals surface area contributed by atoms with Crippen LogP contribution in [0.4, 0.5) is 5.82 Å². The highest BCUT2D eigenvalue weighted by Crippen LogP contribution is 2.26. The number of fused-ring (bicyclic) bond motifs is 1. The largest absolute Gasteiger partial charge is 0.417 e. The van der Waals surface area contributed by atoms with Crippen LogP contribution in [0.15, 0.2) is 27.4 Å². The molecule has 6 heteroatoms. The molecule has 0 bridgehead atoms. The summed E-state index contributed by atoms with van der Waals surface area (Å²) in [6.07, 6.45) is 0. The molecule has 0 fully saturated rings. The van der Waals surface area contributed by atoms with Crippen LogP contribution in [0.1, 0.15) is 5.56 Å². The van der Waals surface area contributed by atoms with Gasteiger partial charge in [0.1, 0.15) is 5.82 Å². The monoisotopic (exact) mass is 230 g/mol. The molecule has 3 aromatic rings. The molecule has 0 atom stereocenters. The molecule has 2 heterocycles. The summed E-state index contributed by atoms with van der Waals surface area (Å²) >= 11 is 0. The Morgan fingerprint density at radius 3 is 2.94 bits per heavy atom. The van der Waals surface area contributed by atoms with Gasteiger partial charge in [-0.1, -0.05) is 0 Å². The first-order valence-corrected chi connectivity index (χ1v) is 5.09. The molecule has 0 unspecified atom stereocenters. The average Bonchev–Trinajstić information content (AvgIpc) is 2.81. The standard InChI is InChI=1S/C11H10N4O2/c1-5-9(14-15-10(5)12)6-2-3-8-7(4-6)13-11(16)17-8/h2-4H,1H3,(H,13,16)(H3,12,14,15). The zero-order valence-electron chi connectivity index (χ0n) is 9.07. The topological polar surface area (TPSA) is 101 Å². The Bertz CT molecular complexity index is 750. The van der Waals surface area contributed by atoms with Crippen LogP contribution in [0, 0.1) is 6.92 Å². The Balaban J connectivity index is 2.24. The Hall–Kier alpha value is -2.50. The Labute approximate surface area is 95.4 Å².